The molecule has 0 spiro atoms. The molecule has 0 saturated heterocycles. The second-order valence-corrected chi connectivity index (χ2v) is 7.44. The van der Waals surface area contributed by atoms with Gasteiger partial charge >= 0.3 is 0 Å². The Balaban J connectivity index is 1.66. The minimum atomic E-state index is -0.366. The number of hydrogen-bond acceptors (Lipinski definition) is 4. The lowest BCUT2D eigenvalue weighted by atomic mass is 10.0. The first-order chi connectivity index (χ1) is 13.4. The molecule has 0 atom stereocenters. The highest BCUT2D eigenvalue weighted by molar-refractivity contribution is 6.31. The molecule has 142 valence electrons. The number of halogens is 1. The predicted octanol–water partition coefficient (Wildman–Crippen LogP) is 3.25. The number of amidine groups is 1. The summed E-state index contributed by atoms with van der Waals surface area (Å²) in [6, 6.07) is 11.6. The highest BCUT2D eigenvalue weighted by atomic mass is 35.5. The molecule has 0 fully saturated rings. The molecule has 0 aromatic heterocycles. The standard InChI is InChI=1S/C21H18ClN3O3/c1-12(2)25-20(27)16-7-6-14(11-17(16)21(25)28)19(26)24-9-8-23-18(24)13-4-3-5-15(22)10-13/h3-7,10-12H,8-9H2,1-2H3. The SMILES string of the molecule is CC(C)N1C(=O)c2ccc(C(=O)N3CCN=C3c3cccc(Cl)c3)cc2C1=O. The quantitative estimate of drug-likeness (QED) is 0.749. The lowest BCUT2D eigenvalue weighted by Gasteiger charge is -2.19. The van der Waals surface area contributed by atoms with Crippen molar-refractivity contribution < 1.29 is 14.4 Å². The van der Waals surface area contributed by atoms with Crippen LogP contribution in [0.4, 0.5) is 0 Å². The average molecular weight is 396 g/mol. The molecule has 7 heteroatoms. The van der Waals surface area contributed by atoms with Gasteiger partial charge in [0, 0.05) is 28.7 Å². The first-order valence-corrected chi connectivity index (χ1v) is 9.40. The summed E-state index contributed by atoms with van der Waals surface area (Å²) in [4.78, 5) is 45.4. The fraction of sp³-hybridized carbons (Fsp3) is 0.238. The van der Waals surface area contributed by atoms with Crippen LogP contribution in [0.2, 0.25) is 5.02 Å². The molecule has 4 rings (SSSR count). The molecule has 2 heterocycles. The van der Waals surface area contributed by atoms with Gasteiger partial charge in [-0.3, -0.25) is 29.2 Å². The molecule has 2 aliphatic rings. The van der Waals surface area contributed by atoms with Crippen molar-refractivity contribution in [2.75, 3.05) is 13.1 Å². The topological polar surface area (TPSA) is 70.1 Å². The van der Waals surface area contributed by atoms with Gasteiger partial charge in [0.1, 0.15) is 5.84 Å². The van der Waals surface area contributed by atoms with Gasteiger partial charge in [-0.15, -0.1) is 0 Å². The Morgan fingerprint density at radius 1 is 1.07 bits per heavy atom. The maximum atomic E-state index is 13.1. The van der Waals surface area contributed by atoms with Crippen molar-refractivity contribution in [1.82, 2.24) is 9.80 Å². The highest BCUT2D eigenvalue weighted by Crippen LogP contribution is 2.27. The van der Waals surface area contributed by atoms with Crippen molar-refractivity contribution in [3.05, 3.63) is 69.7 Å². The molecular weight excluding hydrogens is 378 g/mol. The third kappa shape index (κ3) is 2.90. The lowest BCUT2D eigenvalue weighted by molar-refractivity contribution is 0.0609. The van der Waals surface area contributed by atoms with Gasteiger partial charge in [-0.25, -0.2) is 0 Å². The number of amides is 3. The number of benzene rings is 2. The molecule has 2 aromatic carbocycles. The molecule has 2 aromatic rings. The molecule has 0 radical (unpaired) electrons. The van der Waals surface area contributed by atoms with Gasteiger partial charge in [0.25, 0.3) is 17.7 Å². The van der Waals surface area contributed by atoms with Gasteiger partial charge in [0.2, 0.25) is 0 Å². The summed E-state index contributed by atoms with van der Waals surface area (Å²) in [6.45, 7) is 4.51. The van der Waals surface area contributed by atoms with E-state index in [0.717, 1.165) is 5.56 Å². The molecule has 28 heavy (non-hydrogen) atoms. The summed E-state index contributed by atoms with van der Waals surface area (Å²) in [5.74, 6) is -0.396. The maximum Gasteiger partial charge on any atom is 0.261 e. The molecule has 0 aliphatic carbocycles. The van der Waals surface area contributed by atoms with Crippen molar-refractivity contribution in [3.8, 4) is 0 Å². The van der Waals surface area contributed by atoms with E-state index < -0.39 is 0 Å². The number of imide groups is 1. The van der Waals surface area contributed by atoms with Crippen molar-refractivity contribution in [1.29, 1.82) is 0 Å². The minimum absolute atomic E-state index is 0.244. The molecule has 3 amide bonds. The van der Waals surface area contributed by atoms with Crippen molar-refractivity contribution >= 4 is 35.2 Å². The third-order valence-corrected chi connectivity index (χ3v) is 5.09. The summed E-state index contributed by atoms with van der Waals surface area (Å²) in [5.41, 5.74) is 1.71. The van der Waals surface area contributed by atoms with Gasteiger partial charge in [0.15, 0.2) is 0 Å². The number of fused-ring (bicyclic) bond motifs is 1. The van der Waals surface area contributed by atoms with E-state index >= 15 is 0 Å². The molecule has 0 N–H and O–H groups in total. The molecular formula is C21H18ClN3O3. The van der Waals surface area contributed by atoms with E-state index in [2.05, 4.69) is 4.99 Å². The zero-order chi connectivity index (χ0) is 20.0. The van der Waals surface area contributed by atoms with E-state index in [9.17, 15) is 14.4 Å². The van der Waals surface area contributed by atoms with Crippen LogP contribution in [0.3, 0.4) is 0 Å². The summed E-state index contributed by atoms with van der Waals surface area (Å²) in [6.07, 6.45) is 0. The second-order valence-electron chi connectivity index (χ2n) is 7.01. The normalized spacial score (nSPS) is 16.1. The average Bonchev–Trinajstić information content (AvgIpc) is 3.25. The fourth-order valence-electron chi connectivity index (χ4n) is 3.54. The molecule has 0 bridgehead atoms. The smallest absolute Gasteiger partial charge is 0.261 e. The number of nitrogens with zero attached hydrogens (tertiary/aromatic N) is 3. The number of carbonyl (C=O) groups is 3. The predicted molar refractivity (Wildman–Crippen MR) is 106 cm³/mol. The zero-order valence-electron chi connectivity index (χ0n) is 15.5. The monoisotopic (exact) mass is 395 g/mol. The van der Waals surface area contributed by atoms with Gasteiger partial charge < -0.3 is 0 Å². The molecule has 2 aliphatic heterocycles. The van der Waals surface area contributed by atoms with E-state index in [-0.39, 0.29) is 29.3 Å². The van der Waals surface area contributed by atoms with Crippen LogP contribution in [0, 0.1) is 0 Å². The second kappa shape index (κ2) is 6.87. The van der Waals surface area contributed by atoms with Gasteiger partial charge in [-0.1, -0.05) is 23.7 Å². The van der Waals surface area contributed by atoms with Crippen LogP contribution in [0.15, 0.2) is 47.5 Å². The summed E-state index contributed by atoms with van der Waals surface area (Å²) >= 11 is 6.07. The Bertz CT molecular complexity index is 1040. The van der Waals surface area contributed by atoms with Crippen LogP contribution >= 0.6 is 11.6 Å². The van der Waals surface area contributed by atoms with Crippen LogP contribution in [-0.2, 0) is 0 Å². The summed E-state index contributed by atoms with van der Waals surface area (Å²) in [5, 5.41) is 0.565. The van der Waals surface area contributed by atoms with Crippen molar-refractivity contribution in [2.24, 2.45) is 4.99 Å². The number of rotatable bonds is 3. The fourth-order valence-corrected chi connectivity index (χ4v) is 3.73. The van der Waals surface area contributed by atoms with Crippen LogP contribution in [0.1, 0.15) is 50.5 Å². The summed E-state index contributed by atoms with van der Waals surface area (Å²) in [7, 11) is 0. The van der Waals surface area contributed by atoms with Gasteiger partial charge in [0.05, 0.1) is 17.7 Å². The van der Waals surface area contributed by atoms with E-state index in [1.807, 2.05) is 6.07 Å². The highest BCUT2D eigenvalue weighted by Gasteiger charge is 2.38. The first kappa shape index (κ1) is 18.4. The molecule has 0 saturated carbocycles. The Kier molecular flexibility index (Phi) is 4.51. The van der Waals surface area contributed by atoms with Crippen LogP contribution in [0.25, 0.3) is 0 Å². The van der Waals surface area contributed by atoms with Crippen LogP contribution < -0.4 is 0 Å². The van der Waals surface area contributed by atoms with E-state index in [1.165, 1.54) is 11.0 Å². The number of hydrogen-bond donors (Lipinski definition) is 0. The van der Waals surface area contributed by atoms with Crippen LogP contribution in [0.5, 0.6) is 0 Å². The summed E-state index contributed by atoms with van der Waals surface area (Å²) < 4.78 is 0. The van der Waals surface area contributed by atoms with E-state index in [4.69, 9.17) is 11.6 Å². The van der Waals surface area contributed by atoms with E-state index in [1.54, 1.807) is 49.1 Å². The van der Waals surface area contributed by atoms with E-state index in [0.29, 0.717) is 35.1 Å². The Labute approximate surface area is 167 Å². The number of aliphatic imine (C=N–C) groups is 1. The number of carbonyl (C=O) groups excluding carboxylic acids is 3. The van der Waals surface area contributed by atoms with Crippen molar-refractivity contribution in [3.63, 3.8) is 0 Å². The lowest BCUT2D eigenvalue weighted by Crippen LogP contribution is -2.36. The first-order valence-electron chi connectivity index (χ1n) is 9.02. The third-order valence-electron chi connectivity index (χ3n) is 4.85. The Hall–Kier alpha value is -2.99. The maximum absolute atomic E-state index is 13.1. The van der Waals surface area contributed by atoms with Gasteiger partial charge in [-0.2, -0.15) is 0 Å². The Morgan fingerprint density at radius 3 is 2.54 bits per heavy atom. The van der Waals surface area contributed by atoms with Crippen LogP contribution in [-0.4, -0.2) is 52.5 Å². The van der Waals surface area contributed by atoms with Crippen molar-refractivity contribution in [2.45, 2.75) is 19.9 Å². The largest absolute Gasteiger partial charge is 0.291 e. The Morgan fingerprint density at radius 2 is 1.82 bits per heavy atom. The van der Waals surface area contributed by atoms with Gasteiger partial charge in [-0.05, 0) is 44.2 Å². The molecule has 0 unspecified atom stereocenters. The zero-order valence-corrected chi connectivity index (χ0v) is 16.2. The molecule has 6 nitrogen and oxygen atoms in total. The minimum Gasteiger partial charge on any atom is -0.291 e.